The van der Waals surface area contributed by atoms with Gasteiger partial charge in [-0.25, -0.2) is 8.42 Å². The molecule has 1 aromatic carbocycles. The first-order chi connectivity index (χ1) is 11.8. The van der Waals surface area contributed by atoms with Crippen LogP contribution in [-0.2, 0) is 19.4 Å². The molecule has 2 N–H and O–H groups in total. The van der Waals surface area contributed by atoms with Crippen LogP contribution in [0.3, 0.4) is 0 Å². The minimum atomic E-state index is -3.15. The monoisotopic (exact) mass is 368 g/mol. The van der Waals surface area contributed by atoms with Crippen LogP contribution in [0.15, 0.2) is 24.3 Å². The molecule has 1 heterocycles. The molecule has 1 aliphatic heterocycles. The van der Waals surface area contributed by atoms with Gasteiger partial charge in [0.2, 0.25) is 5.91 Å². The van der Waals surface area contributed by atoms with Crippen molar-refractivity contribution >= 4 is 27.7 Å². The van der Waals surface area contributed by atoms with E-state index in [0.29, 0.717) is 17.1 Å². The van der Waals surface area contributed by atoms with Gasteiger partial charge in [0.25, 0.3) is 5.91 Å². The van der Waals surface area contributed by atoms with Crippen LogP contribution in [0.5, 0.6) is 11.5 Å². The maximum Gasteiger partial charge on any atom is 0.262 e. The highest BCUT2D eigenvalue weighted by molar-refractivity contribution is 7.91. The molecule has 2 amide bonds. The van der Waals surface area contributed by atoms with E-state index >= 15 is 0 Å². The summed E-state index contributed by atoms with van der Waals surface area (Å²) in [4.78, 5) is 23.6. The van der Waals surface area contributed by atoms with E-state index in [1.54, 1.807) is 18.2 Å². The average Bonchev–Trinajstić information content (AvgIpc) is 2.97. The van der Waals surface area contributed by atoms with Crippen LogP contribution < -0.4 is 20.3 Å². The predicted molar refractivity (Wildman–Crippen MR) is 91.6 cm³/mol. The summed E-state index contributed by atoms with van der Waals surface area (Å²) in [6.45, 7) is 0. The van der Waals surface area contributed by atoms with Crippen molar-refractivity contribution in [2.75, 3.05) is 25.7 Å². The van der Waals surface area contributed by atoms with Gasteiger partial charge in [-0.05, 0) is 30.2 Å². The molecule has 8 nitrogen and oxygen atoms in total. The summed E-state index contributed by atoms with van der Waals surface area (Å²) in [6.07, 6.45) is 3.04. The van der Waals surface area contributed by atoms with Crippen LogP contribution in [0, 0.1) is 5.92 Å². The fourth-order valence-corrected chi connectivity index (χ4v) is 4.11. The Hall–Kier alpha value is -2.55. The second-order valence-corrected chi connectivity index (χ2v) is 7.79. The van der Waals surface area contributed by atoms with Crippen LogP contribution in [-0.4, -0.2) is 46.0 Å². The van der Waals surface area contributed by atoms with Crippen molar-refractivity contribution in [2.24, 2.45) is 5.92 Å². The van der Waals surface area contributed by atoms with Crippen LogP contribution in [0.2, 0.25) is 0 Å². The molecule has 1 saturated heterocycles. The zero-order chi connectivity index (χ0) is 18.4. The molecule has 0 radical (unpaired) electrons. The maximum absolute atomic E-state index is 11.8. The minimum absolute atomic E-state index is 0.00336. The SMILES string of the molecule is COc1cc(/C=C/C(=O)NNC(=O)[C@H]2CCS(=O)(=O)C2)cc(OC)c1. The molecule has 25 heavy (non-hydrogen) atoms. The summed E-state index contributed by atoms with van der Waals surface area (Å²) < 4.78 is 33.0. The molecule has 1 atom stereocenters. The molecular formula is C16H20N2O6S. The van der Waals surface area contributed by atoms with E-state index in [1.165, 1.54) is 26.4 Å². The summed E-state index contributed by atoms with van der Waals surface area (Å²) in [5.41, 5.74) is 5.15. The number of nitrogens with one attached hydrogen (secondary N) is 2. The lowest BCUT2D eigenvalue weighted by Gasteiger charge is -2.09. The maximum atomic E-state index is 11.8. The average molecular weight is 368 g/mol. The summed E-state index contributed by atoms with van der Waals surface area (Å²) >= 11 is 0. The Morgan fingerprint density at radius 2 is 1.76 bits per heavy atom. The molecule has 0 spiro atoms. The number of methoxy groups -OCH3 is 2. The van der Waals surface area contributed by atoms with Crippen LogP contribution in [0.25, 0.3) is 6.08 Å². The van der Waals surface area contributed by atoms with Crippen LogP contribution >= 0.6 is 0 Å². The number of carbonyl (C=O) groups excluding carboxylic acids is 2. The molecule has 0 aliphatic carbocycles. The molecule has 0 bridgehead atoms. The smallest absolute Gasteiger partial charge is 0.262 e. The number of hydrazine groups is 1. The summed E-state index contributed by atoms with van der Waals surface area (Å²) in [6, 6.07) is 5.13. The van der Waals surface area contributed by atoms with E-state index in [1.807, 2.05) is 0 Å². The number of hydrogen-bond donors (Lipinski definition) is 2. The Morgan fingerprint density at radius 3 is 2.28 bits per heavy atom. The van der Waals surface area contributed by atoms with Gasteiger partial charge in [-0.15, -0.1) is 0 Å². The van der Waals surface area contributed by atoms with Crippen molar-refractivity contribution in [1.29, 1.82) is 0 Å². The Labute approximate surface area is 146 Å². The molecule has 9 heteroatoms. The Morgan fingerprint density at radius 1 is 1.12 bits per heavy atom. The van der Waals surface area contributed by atoms with Gasteiger partial charge in [0.1, 0.15) is 11.5 Å². The summed E-state index contributed by atoms with van der Waals surface area (Å²) in [5.74, 6) is -0.714. The van der Waals surface area contributed by atoms with E-state index in [4.69, 9.17) is 9.47 Å². The molecule has 1 fully saturated rings. The molecule has 136 valence electrons. The molecule has 2 rings (SSSR count). The fraction of sp³-hybridized carbons (Fsp3) is 0.375. The zero-order valence-corrected chi connectivity index (χ0v) is 14.8. The van der Waals surface area contributed by atoms with Crippen molar-refractivity contribution in [1.82, 2.24) is 10.9 Å². The summed E-state index contributed by atoms with van der Waals surface area (Å²) in [7, 11) is -0.107. The Balaban J connectivity index is 1.90. The third-order valence-electron chi connectivity index (χ3n) is 3.71. The highest BCUT2D eigenvalue weighted by Crippen LogP contribution is 2.23. The zero-order valence-electron chi connectivity index (χ0n) is 13.9. The largest absolute Gasteiger partial charge is 0.497 e. The lowest BCUT2D eigenvalue weighted by Crippen LogP contribution is -2.44. The Kier molecular flexibility index (Phi) is 6.02. The van der Waals surface area contributed by atoms with Gasteiger partial charge >= 0.3 is 0 Å². The van der Waals surface area contributed by atoms with Crippen LogP contribution in [0.4, 0.5) is 0 Å². The number of carbonyl (C=O) groups is 2. The molecular weight excluding hydrogens is 348 g/mol. The van der Waals surface area contributed by atoms with Gasteiger partial charge in [0, 0.05) is 12.1 Å². The second-order valence-electron chi connectivity index (χ2n) is 5.56. The number of amides is 2. The molecule has 0 saturated carbocycles. The third-order valence-corrected chi connectivity index (χ3v) is 5.48. The van der Waals surface area contributed by atoms with Crippen molar-refractivity contribution in [2.45, 2.75) is 6.42 Å². The number of rotatable bonds is 5. The lowest BCUT2D eigenvalue weighted by atomic mass is 10.1. The molecule has 1 aromatic rings. The van der Waals surface area contributed by atoms with Crippen LogP contribution in [0.1, 0.15) is 12.0 Å². The Bertz CT molecular complexity index is 766. The van der Waals surface area contributed by atoms with Crippen molar-refractivity contribution in [3.05, 3.63) is 29.8 Å². The predicted octanol–water partition coefficient (Wildman–Crippen LogP) is 0.299. The normalized spacial score (nSPS) is 18.7. The van der Waals surface area contributed by atoms with E-state index in [9.17, 15) is 18.0 Å². The topological polar surface area (TPSA) is 111 Å². The quantitative estimate of drug-likeness (QED) is 0.571. The van der Waals surface area contributed by atoms with Crippen molar-refractivity contribution < 1.29 is 27.5 Å². The molecule has 1 aliphatic rings. The highest BCUT2D eigenvalue weighted by atomic mass is 32.2. The lowest BCUT2D eigenvalue weighted by molar-refractivity contribution is -0.129. The second kappa shape index (κ2) is 8.02. The third kappa shape index (κ3) is 5.49. The minimum Gasteiger partial charge on any atom is -0.497 e. The number of hydrogen-bond acceptors (Lipinski definition) is 6. The van der Waals surface area contributed by atoms with E-state index < -0.39 is 27.6 Å². The highest BCUT2D eigenvalue weighted by Gasteiger charge is 2.32. The van der Waals surface area contributed by atoms with Gasteiger partial charge in [0.05, 0.1) is 31.6 Å². The first-order valence-electron chi connectivity index (χ1n) is 7.54. The first-order valence-corrected chi connectivity index (χ1v) is 9.36. The van der Waals surface area contributed by atoms with Gasteiger partial charge < -0.3 is 9.47 Å². The van der Waals surface area contributed by atoms with E-state index in [-0.39, 0.29) is 17.9 Å². The van der Waals surface area contributed by atoms with Crippen molar-refractivity contribution in [3.63, 3.8) is 0 Å². The summed E-state index contributed by atoms with van der Waals surface area (Å²) in [5, 5.41) is 0. The van der Waals surface area contributed by atoms with E-state index in [0.717, 1.165) is 0 Å². The fourth-order valence-electron chi connectivity index (χ4n) is 2.37. The number of sulfone groups is 1. The van der Waals surface area contributed by atoms with Gasteiger partial charge in [-0.2, -0.15) is 0 Å². The van der Waals surface area contributed by atoms with Gasteiger partial charge in [0.15, 0.2) is 9.84 Å². The van der Waals surface area contributed by atoms with Crippen molar-refractivity contribution in [3.8, 4) is 11.5 Å². The van der Waals surface area contributed by atoms with Gasteiger partial charge in [-0.3, -0.25) is 20.4 Å². The number of benzene rings is 1. The molecule has 0 unspecified atom stereocenters. The standard InChI is InChI=1S/C16H20N2O6S/c1-23-13-7-11(8-14(9-13)24-2)3-4-15(19)17-18-16(20)12-5-6-25(21,22)10-12/h3-4,7-9,12H,5-6,10H2,1-2H3,(H,17,19)(H,18,20)/b4-3+/t12-/m0/s1. The van der Waals surface area contributed by atoms with E-state index in [2.05, 4.69) is 10.9 Å². The van der Waals surface area contributed by atoms with Gasteiger partial charge in [-0.1, -0.05) is 0 Å². The number of ether oxygens (including phenoxy) is 2. The molecule has 0 aromatic heterocycles. The first kappa shape index (κ1) is 18.8.